The second kappa shape index (κ2) is 8.15. The Morgan fingerprint density at radius 3 is 1.87 bits per heavy atom. The molecule has 2 fully saturated rings. The molecule has 0 aromatic carbocycles. The molecule has 1 saturated carbocycles. The third kappa shape index (κ3) is 4.55. The van der Waals surface area contributed by atoms with E-state index in [0.717, 1.165) is 11.3 Å². The standard InChI is InChI=1S/C10H19N.2C2H6/c1-9-2-4-10(5-3-9)6-7-11-8-10;2*1-2/h9,11H,2-8H2,1H3;2*1-2H3. The lowest BCUT2D eigenvalue weighted by Gasteiger charge is -2.35. The lowest BCUT2D eigenvalue weighted by Crippen LogP contribution is -2.28. The average Bonchev–Trinajstić information content (AvgIpc) is 2.77. The van der Waals surface area contributed by atoms with Crippen molar-refractivity contribution in [1.82, 2.24) is 5.32 Å². The van der Waals surface area contributed by atoms with Crippen molar-refractivity contribution in [3.63, 3.8) is 0 Å². The van der Waals surface area contributed by atoms with Crippen molar-refractivity contribution in [2.75, 3.05) is 13.1 Å². The Hall–Kier alpha value is -0.0400. The largest absolute Gasteiger partial charge is 0.316 e. The summed E-state index contributed by atoms with van der Waals surface area (Å²) in [5.41, 5.74) is 0.743. The van der Waals surface area contributed by atoms with Crippen LogP contribution in [0.3, 0.4) is 0 Å². The Kier molecular flexibility index (Phi) is 8.13. The van der Waals surface area contributed by atoms with Crippen molar-refractivity contribution >= 4 is 0 Å². The molecule has 1 N–H and O–H groups in total. The van der Waals surface area contributed by atoms with Crippen molar-refractivity contribution in [3.8, 4) is 0 Å². The number of nitrogens with one attached hydrogen (secondary N) is 1. The summed E-state index contributed by atoms with van der Waals surface area (Å²) in [7, 11) is 0. The van der Waals surface area contributed by atoms with Crippen molar-refractivity contribution in [3.05, 3.63) is 0 Å². The van der Waals surface area contributed by atoms with Crippen molar-refractivity contribution in [2.24, 2.45) is 11.3 Å². The topological polar surface area (TPSA) is 12.0 Å². The highest BCUT2D eigenvalue weighted by atomic mass is 14.9. The van der Waals surface area contributed by atoms with Crippen LogP contribution in [0, 0.1) is 11.3 Å². The molecule has 0 aromatic rings. The van der Waals surface area contributed by atoms with Gasteiger partial charge in [0.25, 0.3) is 0 Å². The van der Waals surface area contributed by atoms with Gasteiger partial charge in [0.15, 0.2) is 0 Å². The first kappa shape index (κ1) is 15.0. The van der Waals surface area contributed by atoms with Gasteiger partial charge < -0.3 is 5.32 Å². The SMILES string of the molecule is CC.CC.CC1CCC2(CCNC2)CC1. The van der Waals surface area contributed by atoms with Gasteiger partial charge in [0, 0.05) is 6.54 Å². The van der Waals surface area contributed by atoms with E-state index in [0.29, 0.717) is 0 Å². The number of hydrogen-bond acceptors (Lipinski definition) is 1. The Morgan fingerprint density at radius 2 is 1.47 bits per heavy atom. The average molecular weight is 213 g/mol. The van der Waals surface area contributed by atoms with Gasteiger partial charge in [-0.15, -0.1) is 0 Å². The van der Waals surface area contributed by atoms with E-state index in [-0.39, 0.29) is 0 Å². The third-order valence-electron chi connectivity index (χ3n) is 3.67. The van der Waals surface area contributed by atoms with Gasteiger partial charge in [0.1, 0.15) is 0 Å². The summed E-state index contributed by atoms with van der Waals surface area (Å²) < 4.78 is 0. The first-order valence-electron chi connectivity index (χ1n) is 7.02. The molecular weight excluding hydrogens is 182 g/mol. The Bertz CT molecular complexity index is 126. The molecule has 0 unspecified atom stereocenters. The molecule has 1 heterocycles. The van der Waals surface area contributed by atoms with E-state index in [1.165, 1.54) is 45.2 Å². The Balaban J connectivity index is 0.000000442. The molecule has 1 saturated heterocycles. The molecule has 1 spiro atoms. The third-order valence-corrected chi connectivity index (χ3v) is 3.67. The first-order chi connectivity index (χ1) is 7.31. The molecule has 2 rings (SSSR count). The van der Waals surface area contributed by atoms with E-state index >= 15 is 0 Å². The molecule has 2 aliphatic rings. The fourth-order valence-electron chi connectivity index (χ4n) is 2.60. The molecule has 1 nitrogen and oxygen atoms in total. The van der Waals surface area contributed by atoms with E-state index in [1.54, 1.807) is 0 Å². The Morgan fingerprint density at radius 1 is 0.933 bits per heavy atom. The molecule has 0 amide bonds. The lowest BCUT2D eigenvalue weighted by atomic mass is 9.70. The maximum atomic E-state index is 3.50. The quantitative estimate of drug-likeness (QED) is 0.635. The summed E-state index contributed by atoms with van der Waals surface area (Å²) in [6.07, 6.45) is 7.37. The lowest BCUT2D eigenvalue weighted by molar-refractivity contribution is 0.178. The molecule has 1 aliphatic carbocycles. The van der Waals surface area contributed by atoms with Crippen LogP contribution >= 0.6 is 0 Å². The second-order valence-corrected chi connectivity index (χ2v) is 4.61. The zero-order valence-corrected chi connectivity index (χ0v) is 11.5. The van der Waals surface area contributed by atoms with Gasteiger partial charge >= 0.3 is 0 Å². The molecule has 0 aromatic heterocycles. The first-order valence-corrected chi connectivity index (χ1v) is 7.02. The number of rotatable bonds is 0. The monoisotopic (exact) mass is 213 g/mol. The molecule has 0 atom stereocenters. The van der Waals surface area contributed by atoms with Crippen molar-refractivity contribution < 1.29 is 0 Å². The van der Waals surface area contributed by atoms with E-state index in [2.05, 4.69) is 12.2 Å². The van der Waals surface area contributed by atoms with Crippen LogP contribution in [0.2, 0.25) is 0 Å². The summed E-state index contributed by atoms with van der Waals surface area (Å²) in [5.74, 6) is 1.00. The second-order valence-electron chi connectivity index (χ2n) is 4.61. The summed E-state index contributed by atoms with van der Waals surface area (Å²) in [4.78, 5) is 0. The molecule has 0 radical (unpaired) electrons. The summed E-state index contributed by atoms with van der Waals surface area (Å²) in [5, 5.41) is 3.50. The van der Waals surface area contributed by atoms with E-state index in [1.807, 2.05) is 27.7 Å². The van der Waals surface area contributed by atoms with E-state index in [4.69, 9.17) is 0 Å². The minimum absolute atomic E-state index is 0.743. The highest BCUT2D eigenvalue weighted by molar-refractivity contribution is 4.90. The van der Waals surface area contributed by atoms with Crippen LogP contribution < -0.4 is 5.32 Å². The summed E-state index contributed by atoms with van der Waals surface area (Å²) in [6, 6.07) is 0. The number of hydrogen-bond donors (Lipinski definition) is 1. The fourth-order valence-corrected chi connectivity index (χ4v) is 2.60. The van der Waals surface area contributed by atoms with Crippen LogP contribution in [0.25, 0.3) is 0 Å². The summed E-state index contributed by atoms with van der Waals surface area (Å²) in [6.45, 7) is 13.0. The van der Waals surface area contributed by atoms with Gasteiger partial charge in [-0.2, -0.15) is 0 Å². The van der Waals surface area contributed by atoms with Gasteiger partial charge in [-0.05, 0) is 37.1 Å². The maximum absolute atomic E-state index is 3.50. The van der Waals surface area contributed by atoms with Crippen molar-refractivity contribution in [1.29, 1.82) is 0 Å². The summed E-state index contributed by atoms with van der Waals surface area (Å²) >= 11 is 0. The predicted octanol–water partition coefficient (Wildman–Crippen LogP) is 4.23. The zero-order valence-electron chi connectivity index (χ0n) is 11.5. The van der Waals surface area contributed by atoms with Crippen molar-refractivity contribution in [2.45, 2.75) is 66.7 Å². The van der Waals surface area contributed by atoms with Crippen LogP contribution in [-0.2, 0) is 0 Å². The van der Waals surface area contributed by atoms with Gasteiger partial charge in [0.2, 0.25) is 0 Å². The minimum Gasteiger partial charge on any atom is -0.316 e. The van der Waals surface area contributed by atoms with Crippen LogP contribution in [-0.4, -0.2) is 13.1 Å². The highest BCUT2D eigenvalue weighted by Crippen LogP contribution is 2.42. The molecular formula is C14H31N. The van der Waals surface area contributed by atoms with Gasteiger partial charge in [-0.25, -0.2) is 0 Å². The molecule has 15 heavy (non-hydrogen) atoms. The van der Waals surface area contributed by atoms with E-state index < -0.39 is 0 Å². The van der Waals surface area contributed by atoms with Gasteiger partial charge in [-0.1, -0.05) is 47.5 Å². The normalized spacial score (nSPS) is 33.8. The minimum atomic E-state index is 0.743. The van der Waals surface area contributed by atoms with Crippen LogP contribution in [0.15, 0.2) is 0 Å². The van der Waals surface area contributed by atoms with Crippen LogP contribution in [0.5, 0.6) is 0 Å². The molecule has 1 heteroatoms. The van der Waals surface area contributed by atoms with Crippen LogP contribution in [0.1, 0.15) is 66.7 Å². The predicted molar refractivity (Wildman–Crippen MR) is 70.2 cm³/mol. The van der Waals surface area contributed by atoms with Crippen LogP contribution in [0.4, 0.5) is 0 Å². The molecule has 0 bridgehead atoms. The molecule has 1 aliphatic heterocycles. The fraction of sp³-hybridized carbons (Fsp3) is 1.00. The highest BCUT2D eigenvalue weighted by Gasteiger charge is 2.36. The van der Waals surface area contributed by atoms with E-state index in [9.17, 15) is 0 Å². The smallest absolute Gasteiger partial charge is 0.000829 e. The zero-order chi connectivity index (χ0) is 11.7. The molecule has 92 valence electrons. The van der Waals surface area contributed by atoms with Gasteiger partial charge in [-0.3, -0.25) is 0 Å². The Labute approximate surface area is 97.0 Å². The maximum Gasteiger partial charge on any atom is 0.000829 e. The van der Waals surface area contributed by atoms with Gasteiger partial charge in [0.05, 0.1) is 0 Å².